The van der Waals surface area contributed by atoms with Crippen LogP contribution in [0.25, 0.3) is 0 Å². The second-order valence-electron chi connectivity index (χ2n) is 38.4. The van der Waals surface area contributed by atoms with Gasteiger partial charge in [0.1, 0.15) is 34.5 Å². The first-order chi connectivity index (χ1) is 47.1. The van der Waals surface area contributed by atoms with E-state index >= 15 is 0 Å². The van der Waals surface area contributed by atoms with Crippen LogP contribution in [0.1, 0.15) is 211 Å². The Morgan fingerprint density at radius 3 is 0.931 bits per heavy atom. The van der Waals surface area contributed by atoms with Gasteiger partial charge in [0.15, 0.2) is 0 Å². The molecule has 10 aromatic rings. The fourth-order valence-electron chi connectivity index (χ4n) is 16.9. The van der Waals surface area contributed by atoms with Gasteiger partial charge in [-0.05, 0) is 228 Å². The average Bonchev–Trinajstić information content (AvgIpc) is 0.687. The van der Waals surface area contributed by atoms with Gasteiger partial charge in [-0.25, -0.2) is 0 Å². The van der Waals surface area contributed by atoms with Gasteiger partial charge in [-0.1, -0.05) is 239 Å². The molecule has 0 fully saturated rings. The molecular formula is C92H100B3N3O3. The van der Waals surface area contributed by atoms with Crippen molar-refractivity contribution in [2.45, 2.75) is 209 Å². The van der Waals surface area contributed by atoms with Crippen molar-refractivity contribution in [1.29, 1.82) is 0 Å². The molecule has 0 bridgehead atoms. The Labute approximate surface area is 604 Å². The number of benzene rings is 10. The van der Waals surface area contributed by atoms with Crippen LogP contribution in [-0.2, 0) is 43.3 Å². The second-order valence-corrected chi connectivity index (χ2v) is 38.4. The summed E-state index contributed by atoms with van der Waals surface area (Å²) < 4.78 is 22.7. The molecule has 6 aliphatic rings. The van der Waals surface area contributed by atoms with Crippen molar-refractivity contribution in [2.24, 2.45) is 0 Å². The molecule has 0 unspecified atom stereocenters. The van der Waals surface area contributed by atoms with Crippen LogP contribution >= 0.6 is 0 Å². The van der Waals surface area contributed by atoms with Crippen LogP contribution in [0, 0.1) is 0 Å². The van der Waals surface area contributed by atoms with Crippen LogP contribution in [0.15, 0.2) is 170 Å². The van der Waals surface area contributed by atoms with Gasteiger partial charge in [-0.15, -0.1) is 0 Å². The quantitative estimate of drug-likeness (QED) is 0.164. The van der Waals surface area contributed by atoms with Crippen LogP contribution in [-0.4, -0.2) is 20.1 Å². The fraction of sp³-hybridized carbons (Fsp3) is 0.348. The van der Waals surface area contributed by atoms with E-state index in [1.54, 1.807) is 0 Å². The smallest absolute Gasteiger partial charge is 0.256 e. The summed E-state index contributed by atoms with van der Waals surface area (Å²) in [5, 5.41) is 0. The van der Waals surface area contributed by atoms with Gasteiger partial charge >= 0.3 is 0 Å². The van der Waals surface area contributed by atoms with Gasteiger partial charge in [0, 0.05) is 57.3 Å². The van der Waals surface area contributed by atoms with Crippen molar-refractivity contribution in [3.05, 3.63) is 214 Å². The molecule has 0 radical (unpaired) electrons. The van der Waals surface area contributed by atoms with Gasteiger partial charge in [0.05, 0.1) is 0 Å². The maximum atomic E-state index is 7.92. The van der Waals surface area contributed by atoms with Gasteiger partial charge < -0.3 is 28.9 Å². The number of rotatable bonds is 3. The average molecular weight is 1330 g/mol. The van der Waals surface area contributed by atoms with Crippen LogP contribution in [0.5, 0.6) is 34.5 Å². The summed E-state index contributed by atoms with van der Waals surface area (Å²) in [4.78, 5) is 7.74. The van der Waals surface area contributed by atoms with Crippen molar-refractivity contribution in [3.63, 3.8) is 0 Å². The SMILES string of the molecule is CC(C)(C)c1ccc(N2c3cc4c(cc3B3c5cc(C(C)(C)C)ccc5Oc5cc(C(C)(C)C)cc2c53)B2c3cc5c(cc3Oc3cc(C(C)(C)C)cc(c32)N4c2ccc(C(C)(C)C)cc2)N(c2ccc(C(C)(C)C)cc2)c2cc(C(C)(C)C)cc3c2B5c2c(cccc2C(C)(C)C)O3)cc1. The second kappa shape index (κ2) is 21.9. The van der Waals surface area contributed by atoms with Crippen LogP contribution < -0.4 is 78.1 Å². The summed E-state index contributed by atoms with van der Waals surface area (Å²) in [6.45, 7) is 55.2. The molecule has 0 amide bonds. The van der Waals surface area contributed by atoms with Crippen LogP contribution in [0.2, 0.25) is 0 Å². The first-order valence-electron chi connectivity index (χ1n) is 37.1. The van der Waals surface area contributed by atoms with Gasteiger partial charge in [-0.2, -0.15) is 0 Å². The summed E-state index contributed by atoms with van der Waals surface area (Å²) in [5.41, 5.74) is 29.9. The lowest BCUT2D eigenvalue weighted by molar-refractivity contribution is 0.480. The third-order valence-corrected chi connectivity index (χ3v) is 22.8. The minimum Gasteiger partial charge on any atom is -0.458 e. The topological polar surface area (TPSA) is 37.4 Å². The van der Waals surface area contributed by atoms with E-state index in [2.05, 4.69) is 351 Å². The van der Waals surface area contributed by atoms with Crippen molar-refractivity contribution < 1.29 is 14.2 Å². The lowest BCUT2D eigenvalue weighted by Crippen LogP contribution is -2.65. The number of nitrogens with zero attached hydrogens (tertiary/aromatic N) is 3. The fourth-order valence-corrected chi connectivity index (χ4v) is 16.9. The highest BCUT2D eigenvalue weighted by Gasteiger charge is 2.51. The first kappa shape index (κ1) is 66.7. The zero-order valence-electron chi connectivity index (χ0n) is 64.5. The van der Waals surface area contributed by atoms with Gasteiger partial charge in [-0.3, -0.25) is 0 Å². The highest BCUT2D eigenvalue weighted by Crippen LogP contribution is 2.52. The number of anilines is 9. The molecule has 0 spiro atoms. The van der Waals surface area contributed by atoms with E-state index in [0.29, 0.717) is 0 Å². The highest BCUT2D eigenvalue weighted by molar-refractivity contribution is 7.03. The standard InChI is InChI=1S/C92H100B3N3O3/c1-85(2,3)53-28-35-60(36-29-53)96-69-51-70-65(49-64(69)93-67-42-56(88(10,11)12)34-41-75(67)99-78-46-57(89(13,14)15)43-72(96)82(78)93)94-68-50-66-71(52-77(68)101-79-47-58(90(16,17)18)44-73(83(79)94)97(70)61-37-30-54(31-38-61)86(4,5)6)98(62-39-32-55(33-40-62)87(7,8)9)74-45-59(91(19,20)21)48-80-84(74)95(66)81-63(92(22,23)24)26-25-27-76(81)100-80/h25-52H,1-24H3. The Morgan fingerprint density at radius 2 is 0.545 bits per heavy atom. The van der Waals surface area contributed by atoms with E-state index in [1.165, 1.54) is 88.2 Å². The van der Waals surface area contributed by atoms with E-state index in [0.717, 1.165) is 91.1 Å². The predicted molar refractivity (Wildman–Crippen MR) is 434 cm³/mol. The molecular weight excluding hydrogens is 1230 g/mol. The van der Waals surface area contributed by atoms with Crippen molar-refractivity contribution in [3.8, 4) is 34.5 Å². The van der Waals surface area contributed by atoms with Crippen molar-refractivity contribution >= 4 is 120 Å². The molecule has 0 saturated carbocycles. The minimum absolute atomic E-state index is 0.0390. The maximum absolute atomic E-state index is 7.92. The minimum atomic E-state index is -0.279. The zero-order valence-corrected chi connectivity index (χ0v) is 64.5. The summed E-state index contributed by atoms with van der Waals surface area (Å²) in [5.74, 6) is 5.40. The molecule has 6 nitrogen and oxygen atoms in total. The number of hydrogen-bond acceptors (Lipinski definition) is 6. The Balaban J connectivity index is 1.05. The maximum Gasteiger partial charge on any atom is 0.256 e. The molecule has 6 heterocycles. The number of fused-ring (bicyclic) bond motifs is 12. The molecule has 101 heavy (non-hydrogen) atoms. The van der Waals surface area contributed by atoms with Crippen molar-refractivity contribution in [2.75, 3.05) is 14.7 Å². The van der Waals surface area contributed by atoms with Crippen LogP contribution in [0.3, 0.4) is 0 Å². The van der Waals surface area contributed by atoms with Gasteiger partial charge in [0.25, 0.3) is 20.1 Å². The largest absolute Gasteiger partial charge is 0.458 e. The van der Waals surface area contributed by atoms with E-state index < -0.39 is 0 Å². The third-order valence-electron chi connectivity index (χ3n) is 22.8. The van der Waals surface area contributed by atoms with E-state index in [9.17, 15) is 0 Å². The summed E-state index contributed by atoms with van der Waals surface area (Å²) in [7, 11) is 0. The summed E-state index contributed by atoms with van der Waals surface area (Å²) in [6, 6.07) is 66.8. The van der Waals surface area contributed by atoms with Crippen molar-refractivity contribution in [1.82, 2.24) is 0 Å². The Hall–Kier alpha value is -8.81. The Kier molecular flexibility index (Phi) is 14.4. The molecule has 9 heteroatoms. The molecule has 10 aromatic carbocycles. The lowest BCUT2D eigenvalue weighted by atomic mass is 9.29. The normalized spacial score (nSPS) is 15.0. The molecule has 0 N–H and O–H groups in total. The molecule has 6 aliphatic heterocycles. The third kappa shape index (κ3) is 10.7. The lowest BCUT2D eigenvalue weighted by Gasteiger charge is -2.46. The number of ether oxygens (including phenoxy) is 3. The first-order valence-corrected chi connectivity index (χ1v) is 37.1. The zero-order chi connectivity index (χ0) is 71.9. The number of hydrogen-bond donors (Lipinski definition) is 0. The van der Waals surface area contributed by atoms with E-state index in [1.807, 2.05) is 0 Å². The molecule has 0 aliphatic carbocycles. The molecule has 0 atom stereocenters. The Bertz CT molecular complexity index is 5120. The summed E-state index contributed by atoms with van der Waals surface area (Å²) >= 11 is 0. The predicted octanol–water partition coefficient (Wildman–Crippen LogP) is 19.3. The van der Waals surface area contributed by atoms with Gasteiger partial charge in [0.2, 0.25) is 0 Å². The highest BCUT2D eigenvalue weighted by atomic mass is 16.5. The Morgan fingerprint density at radius 1 is 0.218 bits per heavy atom. The molecule has 0 aromatic heterocycles. The van der Waals surface area contributed by atoms with Crippen LogP contribution in [0.4, 0.5) is 51.2 Å². The molecule has 16 rings (SSSR count). The monoisotopic (exact) mass is 1330 g/mol. The van der Waals surface area contributed by atoms with E-state index in [4.69, 9.17) is 14.2 Å². The molecule has 0 saturated heterocycles. The summed E-state index contributed by atoms with van der Waals surface area (Å²) in [6.07, 6.45) is 0. The molecule has 510 valence electrons. The van der Waals surface area contributed by atoms with E-state index in [-0.39, 0.29) is 63.5 Å².